The number of rotatable bonds is 5. The van der Waals surface area contributed by atoms with Gasteiger partial charge in [0.15, 0.2) is 17.0 Å². The Bertz CT molecular complexity index is 812. The topological polar surface area (TPSA) is 97.9 Å². The summed E-state index contributed by atoms with van der Waals surface area (Å²) in [7, 11) is 0. The largest absolute Gasteiger partial charge is 0.441 e. The van der Waals surface area contributed by atoms with Gasteiger partial charge >= 0.3 is 6.09 Å². The van der Waals surface area contributed by atoms with Gasteiger partial charge in [0.1, 0.15) is 12.2 Å². The molecule has 3 aliphatic rings. The molecule has 4 atom stereocenters. The van der Waals surface area contributed by atoms with Gasteiger partial charge in [-0.2, -0.15) is 0 Å². The third-order valence-electron chi connectivity index (χ3n) is 6.06. The predicted octanol–water partition coefficient (Wildman–Crippen LogP) is 2.77. The molecule has 2 heterocycles. The van der Waals surface area contributed by atoms with E-state index in [0.29, 0.717) is 29.0 Å². The molecule has 1 aromatic carbocycles. The zero-order chi connectivity index (χ0) is 21.8. The predicted molar refractivity (Wildman–Crippen MR) is 119 cm³/mol. The maximum absolute atomic E-state index is 12.3. The molecule has 9 heteroatoms. The van der Waals surface area contributed by atoms with Gasteiger partial charge in [0.05, 0.1) is 19.3 Å². The molecule has 3 N–H and O–H groups in total. The summed E-state index contributed by atoms with van der Waals surface area (Å²) >= 11 is 5.48. The lowest BCUT2D eigenvalue weighted by Crippen LogP contribution is -2.50. The van der Waals surface area contributed by atoms with Crippen molar-refractivity contribution in [3.05, 3.63) is 29.8 Å². The van der Waals surface area contributed by atoms with E-state index in [1.165, 1.54) is 26.2 Å². The van der Waals surface area contributed by atoms with E-state index in [9.17, 15) is 9.59 Å². The van der Waals surface area contributed by atoms with Crippen LogP contribution in [0, 0.1) is 0 Å². The van der Waals surface area contributed by atoms with Crippen LogP contribution >= 0.6 is 12.2 Å². The Morgan fingerprint density at radius 3 is 2.42 bits per heavy atom. The zero-order valence-electron chi connectivity index (χ0n) is 17.6. The van der Waals surface area contributed by atoms with Crippen molar-refractivity contribution in [2.75, 3.05) is 18.5 Å². The van der Waals surface area contributed by atoms with Crippen LogP contribution in [0.1, 0.15) is 49.4 Å². The highest BCUT2D eigenvalue weighted by Crippen LogP contribution is 2.29. The molecule has 0 bridgehead atoms. The minimum atomic E-state index is -0.584. The van der Waals surface area contributed by atoms with Crippen LogP contribution in [0.2, 0.25) is 0 Å². The molecule has 31 heavy (non-hydrogen) atoms. The summed E-state index contributed by atoms with van der Waals surface area (Å²) in [5.41, 5.74) is 1.14. The summed E-state index contributed by atoms with van der Waals surface area (Å²) in [6.07, 6.45) is 4.44. The second-order valence-corrected chi connectivity index (χ2v) is 8.77. The minimum Gasteiger partial charge on any atom is -0.441 e. The smallest absolute Gasteiger partial charge is 0.412 e. The number of hydrogen-bond donors (Lipinski definition) is 3. The molecule has 1 saturated carbocycles. The highest BCUT2D eigenvalue weighted by molar-refractivity contribution is 7.80. The molecule has 1 aromatic rings. The summed E-state index contributed by atoms with van der Waals surface area (Å²) in [6, 6.07) is 7.00. The average molecular weight is 448 g/mol. The van der Waals surface area contributed by atoms with Crippen LogP contribution in [-0.4, -0.2) is 60.6 Å². The standard InChI is InChI=1S/C22H29N3O5S/c1-13(26)14-7-9-16(10-8-14)24-22(27)30-18-12-29-19-17(11-28-20(18)19)25-21(31)23-15-5-3-2-4-6-15/h7-10,15,17-20H,2-6,11-12H2,1H3,(H,24,27)(H2,23,25,31)/t17-,18-,19-,20+/m0/s1. The summed E-state index contributed by atoms with van der Waals surface area (Å²) < 4.78 is 17.3. The van der Waals surface area contributed by atoms with E-state index in [1.54, 1.807) is 24.3 Å². The number of nitrogens with one attached hydrogen (secondary N) is 3. The fourth-order valence-corrected chi connectivity index (χ4v) is 4.72. The average Bonchev–Trinajstić information content (AvgIpc) is 3.32. The molecule has 2 saturated heterocycles. The van der Waals surface area contributed by atoms with Crippen LogP contribution in [0.15, 0.2) is 24.3 Å². The van der Waals surface area contributed by atoms with Gasteiger partial charge in [-0.15, -0.1) is 0 Å². The summed E-state index contributed by atoms with van der Waals surface area (Å²) in [6.45, 7) is 2.21. The molecule has 2 aliphatic heterocycles. The molecule has 4 rings (SSSR count). The quantitative estimate of drug-likeness (QED) is 0.468. The first-order valence-electron chi connectivity index (χ1n) is 10.9. The van der Waals surface area contributed by atoms with Crippen molar-refractivity contribution < 1.29 is 23.8 Å². The molecular formula is C22H29N3O5S. The van der Waals surface area contributed by atoms with Gasteiger partial charge in [-0.3, -0.25) is 10.1 Å². The van der Waals surface area contributed by atoms with E-state index in [1.807, 2.05) is 0 Å². The summed E-state index contributed by atoms with van der Waals surface area (Å²) in [4.78, 5) is 23.6. The number of benzene rings is 1. The monoisotopic (exact) mass is 447 g/mol. The minimum absolute atomic E-state index is 0.0294. The molecule has 0 radical (unpaired) electrons. The van der Waals surface area contributed by atoms with E-state index in [4.69, 9.17) is 26.4 Å². The molecule has 8 nitrogen and oxygen atoms in total. The van der Waals surface area contributed by atoms with Crippen LogP contribution < -0.4 is 16.0 Å². The second kappa shape index (κ2) is 9.93. The van der Waals surface area contributed by atoms with Crippen LogP contribution in [-0.2, 0) is 14.2 Å². The normalized spacial score (nSPS) is 27.9. The Balaban J connectivity index is 1.24. The SMILES string of the molecule is CC(=O)c1ccc(NC(=O)O[C@H]2CO[C@@H]3[C@@H]2OC[C@@H]3NC(=S)NC2CCCCC2)cc1. The van der Waals surface area contributed by atoms with Crippen molar-refractivity contribution in [2.24, 2.45) is 0 Å². The van der Waals surface area contributed by atoms with E-state index >= 15 is 0 Å². The van der Waals surface area contributed by atoms with Crippen molar-refractivity contribution in [3.63, 3.8) is 0 Å². The molecule has 1 aliphatic carbocycles. The number of amides is 1. The first-order chi connectivity index (χ1) is 15.0. The molecule has 0 aromatic heterocycles. The lowest BCUT2D eigenvalue weighted by molar-refractivity contribution is 0.00879. The zero-order valence-corrected chi connectivity index (χ0v) is 18.4. The molecule has 1 amide bonds. The number of carbonyl (C=O) groups excluding carboxylic acids is 2. The number of thiocarbonyl (C=S) groups is 1. The van der Waals surface area contributed by atoms with Gasteiger partial charge in [0, 0.05) is 17.3 Å². The van der Waals surface area contributed by atoms with Crippen molar-refractivity contribution in [3.8, 4) is 0 Å². The van der Waals surface area contributed by atoms with Crippen molar-refractivity contribution in [2.45, 2.75) is 69.4 Å². The van der Waals surface area contributed by atoms with E-state index in [-0.39, 0.29) is 30.6 Å². The lowest BCUT2D eigenvalue weighted by Gasteiger charge is -2.26. The Labute approximate surface area is 187 Å². The maximum Gasteiger partial charge on any atom is 0.412 e. The number of ether oxygens (including phenoxy) is 3. The molecule has 168 valence electrons. The van der Waals surface area contributed by atoms with E-state index in [0.717, 1.165) is 12.8 Å². The Morgan fingerprint density at radius 2 is 1.71 bits per heavy atom. The van der Waals surface area contributed by atoms with Crippen LogP contribution in [0.25, 0.3) is 0 Å². The number of fused-ring (bicyclic) bond motifs is 1. The maximum atomic E-state index is 12.3. The highest BCUT2D eigenvalue weighted by Gasteiger charge is 2.49. The summed E-state index contributed by atoms with van der Waals surface area (Å²) in [5, 5.41) is 10.0. The Hall–Kier alpha value is -2.23. The first kappa shape index (κ1) is 22.0. The van der Waals surface area contributed by atoms with Gasteiger partial charge in [-0.05, 0) is 56.2 Å². The van der Waals surface area contributed by atoms with Crippen molar-refractivity contribution in [1.29, 1.82) is 0 Å². The Kier molecular flexibility index (Phi) is 7.04. The van der Waals surface area contributed by atoms with Crippen molar-refractivity contribution >= 4 is 34.9 Å². The van der Waals surface area contributed by atoms with Gasteiger partial charge in [-0.1, -0.05) is 19.3 Å². The molecule has 0 spiro atoms. The van der Waals surface area contributed by atoms with Gasteiger partial charge in [0.2, 0.25) is 0 Å². The molecule has 3 fully saturated rings. The number of carbonyl (C=O) groups is 2. The van der Waals surface area contributed by atoms with Gasteiger partial charge in [-0.25, -0.2) is 4.79 Å². The number of anilines is 1. The lowest BCUT2D eigenvalue weighted by atomic mass is 9.96. The van der Waals surface area contributed by atoms with Crippen LogP contribution in [0.3, 0.4) is 0 Å². The van der Waals surface area contributed by atoms with E-state index in [2.05, 4.69) is 16.0 Å². The second-order valence-electron chi connectivity index (χ2n) is 8.36. The third-order valence-corrected chi connectivity index (χ3v) is 6.30. The van der Waals surface area contributed by atoms with Crippen molar-refractivity contribution in [1.82, 2.24) is 10.6 Å². The van der Waals surface area contributed by atoms with Gasteiger partial charge in [0.25, 0.3) is 0 Å². The highest BCUT2D eigenvalue weighted by atomic mass is 32.1. The summed E-state index contributed by atoms with van der Waals surface area (Å²) in [5.74, 6) is -0.0294. The molecule has 0 unspecified atom stereocenters. The van der Waals surface area contributed by atoms with E-state index < -0.39 is 12.2 Å². The van der Waals surface area contributed by atoms with Crippen LogP contribution in [0.5, 0.6) is 0 Å². The Morgan fingerprint density at radius 1 is 1.00 bits per heavy atom. The first-order valence-corrected chi connectivity index (χ1v) is 11.3. The third kappa shape index (κ3) is 5.53. The molecular weight excluding hydrogens is 418 g/mol. The fourth-order valence-electron chi connectivity index (χ4n) is 4.40. The van der Waals surface area contributed by atoms with Gasteiger partial charge < -0.3 is 24.8 Å². The fraction of sp³-hybridized carbons (Fsp3) is 0.591. The number of Topliss-reactive ketones (excluding diaryl/α,β-unsaturated/α-hetero) is 1. The van der Waals surface area contributed by atoms with Crippen LogP contribution in [0.4, 0.5) is 10.5 Å². The number of hydrogen-bond acceptors (Lipinski definition) is 6. The number of ketones is 1.